The maximum absolute atomic E-state index is 10.7. The van der Waals surface area contributed by atoms with Gasteiger partial charge in [0.05, 0.1) is 6.04 Å². The van der Waals surface area contributed by atoms with Crippen LogP contribution in [-0.4, -0.2) is 6.03 Å². The van der Waals surface area contributed by atoms with Crippen molar-refractivity contribution in [1.29, 1.82) is 0 Å². The molecule has 0 saturated heterocycles. The number of primary amides is 1. The number of carbonyl (C=O) groups is 1. The van der Waals surface area contributed by atoms with Gasteiger partial charge in [-0.3, -0.25) is 0 Å². The molecule has 0 bridgehead atoms. The summed E-state index contributed by atoms with van der Waals surface area (Å²) in [5.74, 6) is 2.50. The monoisotopic (exact) mass is 188 g/mol. The second-order valence-corrected chi connectivity index (χ2v) is 2.88. The Morgan fingerprint density at radius 2 is 2.14 bits per heavy atom. The molecular formula is C11H12N2O. The highest BCUT2D eigenvalue weighted by atomic mass is 16.2. The predicted molar refractivity (Wildman–Crippen MR) is 55.4 cm³/mol. The van der Waals surface area contributed by atoms with Gasteiger partial charge >= 0.3 is 6.03 Å². The Morgan fingerprint density at radius 3 is 2.64 bits per heavy atom. The second-order valence-electron chi connectivity index (χ2n) is 2.88. The highest BCUT2D eigenvalue weighted by Gasteiger charge is 2.10. The average molecular weight is 188 g/mol. The van der Waals surface area contributed by atoms with Gasteiger partial charge in [0, 0.05) is 6.42 Å². The van der Waals surface area contributed by atoms with Gasteiger partial charge in [-0.1, -0.05) is 30.3 Å². The summed E-state index contributed by atoms with van der Waals surface area (Å²) in [6, 6.07) is 8.73. The van der Waals surface area contributed by atoms with Crippen LogP contribution in [0.4, 0.5) is 4.79 Å². The number of nitrogens with one attached hydrogen (secondary N) is 1. The highest BCUT2D eigenvalue weighted by Crippen LogP contribution is 2.15. The van der Waals surface area contributed by atoms with Crippen LogP contribution in [0.15, 0.2) is 30.3 Å². The van der Waals surface area contributed by atoms with E-state index in [2.05, 4.69) is 11.2 Å². The van der Waals surface area contributed by atoms with Gasteiger partial charge in [0.1, 0.15) is 0 Å². The van der Waals surface area contributed by atoms with Crippen LogP contribution in [0.5, 0.6) is 0 Å². The Kier molecular flexibility index (Phi) is 3.57. The molecular weight excluding hydrogens is 176 g/mol. The minimum Gasteiger partial charge on any atom is -0.352 e. The largest absolute Gasteiger partial charge is 0.352 e. The van der Waals surface area contributed by atoms with E-state index in [1.54, 1.807) is 0 Å². The lowest BCUT2D eigenvalue weighted by Gasteiger charge is -2.14. The zero-order valence-electron chi connectivity index (χ0n) is 7.73. The van der Waals surface area contributed by atoms with Gasteiger partial charge < -0.3 is 11.1 Å². The molecule has 0 aliphatic rings. The summed E-state index contributed by atoms with van der Waals surface area (Å²) >= 11 is 0. The Labute approximate surface area is 83.3 Å². The smallest absolute Gasteiger partial charge is 0.312 e. The van der Waals surface area contributed by atoms with Gasteiger partial charge in [-0.25, -0.2) is 4.79 Å². The third-order valence-electron chi connectivity index (χ3n) is 1.84. The molecule has 0 aromatic heterocycles. The van der Waals surface area contributed by atoms with E-state index in [9.17, 15) is 4.79 Å². The lowest BCUT2D eigenvalue weighted by Crippen LogP contribution is -2.33. The van der Waals surface area contributed by atoms with Crippen LogP contribution < -0.4 is 11.1 Å². The zero-order valence-corrected chi connectivity index (χ0v) is 7.73. The summed E-state index contributed by atoms with van der Waals surface area (Å²) in [6.07, 6.45) is 5.64. The van der Waals surface area contributed by atoms with E-state index in [1.807, 2.05) is 30.3 Å². The number of benzene rings is 1. The lowest BCUT2D eigenvalue weighted by molar-refractivity contribution is 0.245. The standard InChI is InChI=1S/C11H12N2O/c1-2-6-10(13-11(12)14)9-7-4-3-5-8-9/h1,3-5,7-8,10H,6H2,(H3,12,13,14). The fraction of sp³-hybridized carbons (Fsp3) is 0.182. The lowest BCUT2D eigenvalue weighted by atomic mass is 10.0. The quantitative estimate of drug-likeness (QED) is 0.692. The molecule has 1 unspecified atom stereocenters. The molecule has 3 heteroatoms. The van der Waals surface area contributed by atoms with Crippen molar-refractivity contribution in [2.75, 3.05) is 0 Å². The van der Waals surface area contributed by atoms with Crippen LogP contribution in [-0.2, 0) is 0 Å². The van der Waals surface area contributed by atoms with E-state index >= 15 is 0 Å². The molecule has 2 amide bonds. The first-order valence-electron chi connectivity index (χ1n) is 4.28. The van der Waals surface area contributed by atoms with E-state index in [1.165, 1.54) is 0 Å². The summed E-state index contributed by atoms with van der Waals surface area (Å²) in [7, 11) is 0. The Bertz CT molecular complexity index is 340. The Hall–Kier alpha value is -1.95. The van der Waals surface area contributed by atoms with Crippen LogP contribution in [0.1, 0.15) is 18.0 Å². The number of carbonyl (C=O) groups excluding carboxylic acids is 1. The second kappa shape index (κ2) is 4.93. The van der Waals surface area contributed by atoms with Gasteiger partial charge in [0.2, 0.25) is 0 Å². The van der Waals surface area contributed by atoms with Crippen molar-refractivity contribution in [1.82, 2.24) is 5.32 Å². The summed E-state index contributed by atoms with van der Waals surface area (Å²) in [5.41, 5.74) is 6.00. The van der Waals surface area contributed by atoms with Gasteiger partial charge in [-0.2, -0.15) is 0 Å². The molecule has 14 heavy (non-hydrogen) atoms. The number of urea groups is 1. The number of amides is 2. The molecule has 0 spiro atoms. The van der Waals surface area contributed by atoms with Crippen molar-refractivity contribution in [2.24, 2.45) is 5.73 Å². The van der Waals surface area contributed by atoms with Crippen LogP contribution >= 0.6 is 0 Å². The molecule has 1 rings (SSSR count). The minimum atomic E-state index is -0.561. The average Bonchev–Trinajstić information content (AvgIpc) is 2.18. The molecule has 0 fully saturated rings. The van der Waals surface area contributed by atoms with Crippen molar-refractivity contribution in [3.63, 3.8) is 0 Å². The number of nitrogens with two attached hydrogens (primary N) is 1. The maximum Gasteiger partial charge on any atom is 0.312 e. The van der Waals surface area contributed by atoms with E-state index in [0.29, 0.717) is 6.42 Å². The molecule has 0 saturated carbocycles. The fourth-order valence-corrected chi connectivity index (χ4v) is 1.23. The summed E-state index contributed by atoms with van der Waals surface area (Å²) < 4.78 is 0. The van der Waals surface area contributed by atoms with E-state index in [0.717, 1.165) is 5.56 Å². The van der Waals surface area contributed by atoms with E-state index in [4.69, 9.17) is 12.2 Å². The molecule has 3 N–H and O–H groups in total. The van der Waals surface area contributed by atoms with Crippen LogP contribution in [0.2, 0.25) is 0 Å². The van der Waals surface area contributed by atoms with Crippen LogP contribution in [0, 0.1) is 12.3 Å². The van der Waals surface area contributed by atoms with Crippen LogP contribution in [0.25, 0.3) is 0 Å². The third-order valence-corrected chi connectivity index (χ3v) is 1.84. The molecule has 0 radical (unpaired) electrons. The van der Waals surface area contributed by atoms with Crippen molar-refractivity contribution >= 4 is 6.03 Å². The summed E-state index contributed by atoms with van der Waals surface area (Å²) in [4.78, 5) is 10.7. The predicted octanol–water partition coefficient (Wildman–Crippen LogP) is 1.42. The fourth-order valence-electron chi connectivity index (χ4n) is 1.23. The van der Waals surface area contributed by atoms with Crippen molar-refractivity contribution in [3.8, 4) is 12.3 Å². The number of hydrogen-bond donors (Lipinski definition) is 2. The minimum absolute atomic E-state index is 0.196. The Balaban J connectivity index is 2.78. The van der Waals surface area contributed by atoms with Crippen molar-refractivity contribution in [3.05, 3.63) is 35.9 Å². The summed E-state index contributed by atoms with van der Waals surface area (Å²) in [5, 5.41) is 2.59. The number of rotatable bonds is 3. The highest BCUT2D eigenvalue weighted by molar-refractivity contribution is 5.72. The number of hydrogen-bond acceptors (Lipinski definition) is 1. The molecule has 72 valence electrons. The topological polar surface area (TPSA) is 55.1 Å². The first kappa shape index (κ1) is 10.1. The van der Waals surface area contributed by atoms with Gasteiger partial charge in [-0.05, 0) is 5.56 Å². The van der Waals surface area contributed by atoms with Gasteiger partial charge in [0.25, 0.3) is 0 Å². The molecule has 1 atom stereocenters. The van der Waals surface area contributed by atoms with Crippen molar-refractivity contribution < 1.29 is 4.79 Å². The van der Waals surface area contributed by atoms with Gasteiger partial charge in [-0.15, -0.1) is 12.3 Å². The van der Waals surface area contributed by atoms with Crippen molar-refractivity contribution in [2.45, 2.75) is 12.5 Å². The normalized spacial score (nSPS) is 11.4. The van der Waals surface area contributed by atoms with E-state index < -0.39 is 6.03 Å². The molecule has 1 aromatic rings. The maximum atomic E-state index is 10.7. The summed E-state index contributed by atoms with van der Waals surface area (Å²) in [6.45, 7) is 0. The first-order valence-corrected chi connectivity index (χ1v) is 4.28. The first-order chi connectivity index (χ1) is 6.74. The molecule has 1 aromatic carbocycles. The molecule has 0 aliphatic heterocycles. The molecule has 3 nitrogen and oxygen atoms in total. The zero-order chi connectivity index (χ0) is 10.4. The third kappa shape index (κ3) is 2.83. The van der Waals surface area contributed by atoms with Crippen LogP contribution in [0.3, 0.4) is 0 Å². The SMILES string of the molecule is C#CCC(NC(N)=O)c1ccccc1. The number of terminal acetylenes is 1. The molecule has 0 aliphatic carbocycles. The van der Waals surface area contributed by atoms with Gasteiger partial charge in [0.15, 0.2) is 0 Å². The Morgan fingerprint density at radius 1 is 1.50 bits per heavy atom. The molecule has 0 heterocycles. The van der Waals surface area contributed by atoms with E-state index in [-0.39, 0.29) is 6.04 Å².